The number of hydrogen-bond donors (Lipinski definition) is 2. The molecule has 0 saturated carbocycles. The number of halogens is 3. The van der Waals surface area contributed by atoms with Gasteiger partial charge in [-0.3, -0.25) is 4.79 Å². The lowest BCUT2D eigenvalue weighted by Gasteiger charge is -2.10. The Hall–Kier alpha value is -1.36. The van der Waals surface area contributed by atoms with Crippen molar-refractivity contribution in [3.05, 3.63) is 28.3 Å². The van der Waals surface area contributed by atoms with Gasteiger partial charge in [0.1, 0.15) is 0 Å². The fourth-order valence-electron chi connectivity index (χ4n) is 1.07. The second kappa shape index (κ2) is 4.02. The van der Waals surface area contributed by atoms with Crippen molar-refractivity contribution >= 4 is 17.6 Å². The predicted molar refractivity (Wildman–Crippen MR) is 49.1 cm³/mol. The zero-order chi connectivity index (χ0) is 11.7. The molecule has 1 aromatic rings. The summed E-state index contributed by atoms with van der Waals surface area (Å²) in [4.78, 5) is 10.6. The van der Waals surface area contributed by atoms with Crippen molar-refractivity contribution in [2.45, 2.75) is 12.8 Å². The maximum atomic E-state index is 13.0. The number of aliphatic carboxylic acids is 1. The van der Waals surface area contributed by atoms with Crippen molar-refractivity contribution in [1.29, 1.82) is 0 Å². The molecule has 0 saturated heterocycles. The first kappa shape index (κ1) is 11.7. The average molecular weight is 237 g/mol. The lowest BCUT2D eigenvalue weighted by atomic mass is 10.00. The maximum absolute atomic E-state index is 13.0. The van der Waals surface area contributed by atoms with Crippen LogP contribution in [0, 0.1) is 11.6 Å². The standard InChI is InChI=1S/C9H7ClF2O3/c1-3(9(14)15)4-2-5(10)6(11)7(12)8(4)13/h2-3,13H,1H3,(H,14,15). The van der Waals surface area contributed by atoms with Gasteiger partial charge < -0.3 is 10.2 Å². The highest BCUT2D eigenvalue weighted by Crippen LogP contribution is 2.34. The van der Waals surface area contributed by atoms with E-state index in [4.69, 9.17) is 16.7 Å². The van der Waals surface area contributed by atoms with Gasteiger partial charge in [0.15, 0.2) is 11.6 Å². The highest BCUT2D eigenvalue weighted by molar-refractivity contribution is 6.30. The number of aromatic hydroxyl groups is 1. The van der Waals surface area contributed by atoms with E-state index < -0.39 is 34.3 Å². The van der Waals surface area contributed by atoms with Crippen LogP contribution in [0.1, 0.15) is 18.4 Å². The summed E-state index contributed by atoms with van der Waals surface area (Å²) in [5.41, 5.74) is -0.258. The molecule has 0 fully saturated rings. The third-order valence-electron chi connectivity index (χ3n) is 2.00. The molecular formula is C9H7ClF2O3. The summed E-state index contributed by atoms with van der Waals surface area (Å²) in [6.07, 6.45) is 0. The van der Waals surface area contributed by atoms with Crippen molar-refractivity contribution in [1.82, 2.24) is 0 Å². The van der Waals surface area contributed by atoms with Crippen LogP contribution < -0.4 is 0 Å². The first-order valence-corrected chi connectivity index (χ1v) is 4.33. The lowest BCUT2D eigenvalue weighted by molar-refractivity contribution is -0.138. The van der Waals surface area contributed by atoms with Gasteiger partial charge >= 0.3 is 5.97 Å². The van der Waals surface area contributed by atoms with E-state index >= 15 is 0 Å². The fourth-order valence-corrected chi connectivity index (χ4v) is 1.27. The summed E-state index contributed by atoms with van der Waals surface area (Å²) >= 11 is 5.32. The van der Waals surface area contributed by atoms with Gasteiger partial charge in [0.25, 0.3) is 0 Å². The Labute approximate surface area is 88.9 Å². The fraction of sp³-hybridized carbons (Fsp3) is 0.222. The normalized spacial score (nSPS) is 12.5. The van der Waals surface area contributed by atoms with Crippen LogP contribution in [-0.2, 0) is 4.79 Å². The van der Waals surface area contributed by atoms with Crippen LogP contribution in [0.15, 0.2) is 6.07 Å². The zero-order valence-electron chi connectivity index (χ0n) is 7.59. The Kier molecular flexibility index (Phi) is 3.14. The van der Waals surface area contributed by atoms with Gasteiger partial charge in [0, 0.05) is 5.56 Å². The number of hydrogen-bond acceptors (Lipinski definition) is 2. The average Bonchev–Trinajstić information content (AvgIpc) is 2.19. The molecule has 1 aromatic carbocycles. The van der Waals surface area contributed by atoms with Crippen LogP contribution in [0.2, 0.25) is 5.02 Å². The summed E-state index contributed by atoms with van der Waals surface area (Å²) in [6.45, 7) is 1.23. The molecule has 0 bridgehead atoms. The molecule has 0 spiro atoms. The van der Waals surface area contributed by atoms with Crippen LogP contribution in [0.3, 0.4) is 0 Å². The number of benzene rings is 1. The van der Waals surface area contributed by atoms with Crippen LogP contribution >= 0.6 is 11.6 Å². The number of carbonyl (C=O) groups is 1. The predicted octanol–water partition coefficient (Wildman–Crippen LogP) is 2.51. The molecule has 1 unspecified atom stereocenters. The Morgan fingerprint density at radius 2 is 2.00 bits per heavy atom. The molecule has 1 rings (SSSR count). The Morgan fingerprint density at radius 3 is 2.47 bits per heavy atom. The van der Waals surface area contributed by atoms with Crippen molar-refractivity contribution in [3.8, 4) is 5.75 Å². The molecular weight excluding hydrogens is 230 g/mol. The SMILES string of the molecule is CC(C(=O)O)c1cc(Cl)c(F)c(F)c1O. The quantitative estimate of drug-likeness (QED) is 0.776. The Balaban J connectivity index is 3.38. The number of phenolic OH excluding ortho intramolecular Hbond substituents is 1. The van der Waals surface area contributed by atoms with E-state index in [1.54, 1.807) is 0 Å². The molecule has 15 heavy (non-hydrogen) atoms. The maximum Gasteiger partial charge on any atom is 0.310 e. The van der Waals surface area contributed by atoms with Gasteiger partial charge in [-0.2, -0.15) is 4.39 Å². The number of carboxylic acids is 1. The summed E-state index contributed by atoms with van der Waals surface area (Å²) < 4.78 is 25.8. The second-order valence-electron chi connectivity index (χ2n) is 2.98. The van der Waals surface area contributed by atoms with Crippen LogP contribution in [0.25, 0.3) is 0 Å². The highest BCUT2D eigenvalue weighted by atomic mass is 35.5. The molecule has 0 aliphatic rings. The molecule has 82 valence electrons. The summed E-state index contributed by atoms with van der Waals surface area (Å²) in [5, 5.41) is 17.3. The van der Waals surface area contributed by atoms with Crippen LogP contribution in [0.5, 0.6) is 5.75 Å². The molecule has 3 nitrogen and oxygen atoms in total. The molecule has 6 heteroatoms. The van der Waals surface area contributed by atoms with E-state index in [1.165, 1.54) is 6.92 Å². The van der Waals surface area contributed by atoms with E-state index in [1.807, 2.05) is 0 Å². The number of carboxylic acid groups (broad SMARTS) is 1. The second-order valence-corrected chi connectivity index (χ2v) is 3.39. The molecule has 0 aliphatic carbocycles. The number of phenols is 1. The van der Waals surface area contributed by atoms with Gasteiger partial charge in [0.2, 0.25) is 5.82 Å². The third-order valence-corrected chi connectivity index (χ3v) is 2.28. The minimum absolute atomic E-state index is 0.258. The van der Waals surface area contributed by atoms with E-state index in [9.17, 15) is 18.7 Å². The van der Waals surface area contributed by atoms with Gasteiger partial charge in [-0.1, -0.05) is 11.6 Å². The molecule has 1 atom stereocenters. The van der Waals surface area contributed by atoms with Crippen molar-refractivity contribution in [2.75, 3.05) is 0 Å². The Morgan fingerprint density at radius 1 is 1.47 bits per heavy atom. The van der Waals surface area contributed by atoms with Crippen molar-refractivity contribution in [3.63, 3.8) is 0 Å². The molecule has 2 N–H and O–H groups in total. The van der Waals surface area contributed by atoms with E-state index in [0.29, 0.717) is 0 Å². The lowest BCUT2D eigenvalue weighted by Crippen LogP contribution is -2.09. The first-order valence-electron chi connectivity index (χ1n) is 3.95. The Bertz CT molecular complexity index is 420. The molecule has 0 aliphatic heterocycles. The van der Waals surface area contributed by atoms with Crippen molar-refractivity contribution in [2.24, 2.45) is 0 Å². The van der Waals surface area contributed by atoms with Gasteiger partial charge in [-0.25, -0.2) is 4.39 Å². The number of rotatable bonds is 2. The summed E-state index contributed by atoms with van der Waals surface area (Å²) in [7, 11) is 0. The molecule has 0 radical (unpaired) electrons. The van der Waals surface area contributed by atoms with Crippen LogP contribution in [0.4, 0.5) is 8.78 Å². The minimum atomic E-state index is -1.54. The smallest absolute Gasteiger partial charge is 0.310 e. The van der Waals surface area contributed by atoms with E-state index in [0.717, 1.165) is 6.07 Å². The molecule has 0 aromatic heterocycles. The van der Waals surface area contributed by atoms with Gasteiger partial charge in [-0.05, 0) is 13.0 Å². The summed E-state index contributed by atoms with van der Waals surface area (Å²) in [6, 6.07) is 0.897. The highest BCUT2D eigenvalue weighted by Gasteiger charge is 2.24. The topological polar surface area (TPSA) is 57.5 Å². The molecule has 0 amide bonds. The van der Waals surface area contributed by atoms with Crippen molar-refractivity contribution < 1.29 is 23.8 Å². The van der Waals surface area contributed by atoms with E-state index in [2.05, 4.69) is 0 Å². The van der Waals surface area contributed by atoms with Gasteiger partial charge in [-0.15, -0.1) is 0 Å². The monoisotopic (exact) mass is 236 g/mol. The zero-order valence-corrected chi connectivity index (χ0v) is 8.35. The summed E-state index contributed by atoms with van der Waals surface area (Å²) in [5.74, 6) is -6.39. The largest absolute Gasteiger partial charge is 0.505 e. The van der Waals surface area contributed by atoms with Crippen LogP contribution in [-0.4, -0.2) is 16.2 Å². The first-order chi connectivity index (χ1) is 6.86. The van der Waals surface area contributed by atoms with Gasteiger partial charge in [0.05, 0.1) is 10.9 Å². The third kappa shape index (κ3) is 2.02. The minimum Gasteiger partial charge on any atom is -0.505 e. The molecule has 0 heterocycles. The van der Waals surface area contributed by atoms with E-state index in [-0.39, 0.29) is 5.56 Å².